The maximum atomic E-state index is 11.8. The van der Waals surface area contributed by atoms with Crippen LogP contribution >= 0.6 is 0 Å². The van der Waals surface area contributed by atoms with Crippen molar-refractivity contribution < 1.29 is 14.3 Å². The summed E-state index contributed by atoms with van der Waals surface area (Å²) in [6.45, 7) is 3.59. The van der Waals surface area contributed by atoms with Crippen LogP contribution in [0.3, 0.4) is 0 Å². The van der Waals surface area contributed by atoms with Gasteiger partial charge >= 0.3 is 5.97 Å². The fourth-order valence-corrected chi connectivity index (χ4v) is 2.09. The lowest BCUT2D eigenvalue weighted by Gasteiger charge is -2.09. The van der Waals surface area contributed by atoms with Gasteiger partial charge in [-0.3, -0.25) is 9.59 Å². The SMILES string of the molecule is Cc1cccc(CC(=O)OCC(=O)Nc2ccccc2C)c1. The first-order valence-corrected chi connectivity index (χ1v) is 7.11. The molecule has 1 amide bonds. The predicted molar refractivity (Wildman–Crippen MR) is 85.7 cm³/mol. The first-order valence-electron chi connectivity index (χ1n) is 7.11. The summed E-state index contributed by atoms with van der Waals surface area (Å²) >= 11 is 0. The summed E-state index contributed by atoms with van der Waals surface area (Å²) in [4.78, 5) is 23.5. The molecular formula is C18H19NO3. The number of benzene rings is 2. The number of nitrogens with one attached hydrogen (secondary N) is 1. The molecule has 0 saturated carbocycles. The van der Waals surface area contributed by atoms with E-state index in [4.69, 9.17) is 4.74 Å². The minimum Gasteiger partial charge on any atom is -0.455 e. The lowest BCUT2D eigenvalue weighted by Crippen LogP contribution is -2.22. The average molecular weight is 297 g/mol. The molecule has 0 unspecified atom stereocenters. The van der Waals surface area contributed by atoms with Crippen LogP contribution < -0.4 is 5.32 Å². The van der Waals surface area contributed by atoms with E-state index in [1.807, 2.05) is 62.4 Å². The normalized spacial score (nSPS) is 10.1. The van der Waals surface area contributed by atoms with Gasteiger partial charge in [-0.1, -0.05) is 48.0 Å². The Hall–Kier alpha value is -2.62. The lowest BCUT2D eigenvalue weighted by molar-refractivity contribution is -0.146. The van der Waals surface area contributed by atoms with Crippen molar-refractivity contribution in [3.8, 4) is 0 Å². The fraction of sp³-hybridized carbons (Fsp3) is 0.222. The van der Waals surface area contributed by atoms with Crippen molar-refractivity contribution in [3.63, 3.8) is 0 Å². The molecule has 0 atom stereocenters. The topological polar surface area (TPSA) is 55.4 Å². The molecule has 0 aliphatic rings. The second-order valence-corrected chi connectivity index (χ2v) is 5.19. The molecule has 0 aromatic heterocycles. The Bertz CT molecular complexity index is 680. The Morgan fingerprint density at radius 2 is 1.82 bits per heavy atom. The zero-order valence-electron chi connectivity index (χ0n) is 12.8. The number of para-hydroxylation sites is 1. The summed E-state index contributed by atoms with van der Waals surface area (Å²) < 4.78 is 5.01. The third-order valence-electron chi connectivity index (χ3n) is 3.21. The zero-order chi connectivity index (χ0) is 15.9. The maximum Gasteiger partial charge on any atom is 0.310 e. The van der Waals surface area contributed by atoms with Crippen molar-refractivity contribution in [2.75, 3.05) is 11.9 Å². The summed E-state index contributed by atoms with van der Waals surface area (Å²) in [6, 6.07) is 15.1. The number of ether oxygens (including phenoxy) is 1. The molecule has 4 heteroatoms. The van der Waals surface area contributed by atoms with Gasteiger partial charge in [0.1, 0.15) is 0 Å². The van der Waals surface area contributed by atoms with Crippen molar-refractivity contribution in [2.45, 2.75) is 20.3 Å². The van der Waals surface area contributed by atoms with Crippen molar-refractivity contribution in [1.29, 1.82) is 0 Å². The summed E-state index contributed by atoms with van der Waals surface area (Å²) in [5.74, 6) is -0.752. The molecule has 2 aromatic rings. The molecule has 1 N–H and O–H groups in total. The quantitative estimate of drug-likeness (QED) is 0.863. The summed E-state index contributed by atoms with van der Waals surface area (Å²) in [5, 5.41) is 2.72. The highest BCUT2D eigenvalue weighted by Gasteiger charge is 2.09. The predicted octanol–water partition coefficient (Wildman–Crippen LogP) is 3.03. The number of amides is 1. The van der Waals surface area contributed by atoms with Gasteiger partial charge in [-0.2, -0.15) is 0 Å². The van der Waals surface area contributed by atoms with Crippen LogP contribution in [-0.4, -0.2) is 18.5 Å². The van der Waals surface area contributed by atoms with Gasteiger partial charge in [0.15, 0.2) is 6.61 Å². The molecule has 0 radical (unpaired) electrons. The third kappa shape index (κ3) is 4.74. The first kappa shape index (κ1) is 15.8. The van der Waals surface area contributed by atoms with E-state index >= 15 is 0 Å². The Labute approximate surface area is 130 Å². The van der Waals surface area contributed by atoms with E-state index < -0.39 is 5.97 Å². The highest BCUT2D eigenvalue weighted by molar-refractivity contribution is 5.93. The fourth-order valence-electron chi connectivity index (χ4n) is 2.09. The van der Waals surface area contributed by atoms with Gasteiger partial charge in [0.2, 0.25) is 0 Å². The number of aryl methyl sites for hydroxylation is 2. The van der Waals surface area contributed by atoms with Gasteiger partial charge in [0.05, 0.1) is 6.42 Å². The minimum absolute atomic E-state index is 0.166. The van der Waals surface area contributed by atoms with Crippen LogP contribution in [0.5, 0.6) is 0 Å². The Kier molecular flexibility index (Phi) is 5.31. The monoisotopic (exact) mass is 297 g/mol. The molecule has 0 fully saturated rings. The highest BCUT2D eigenvalue weighted by Crippen LogP contribution is 2.12. The van der Waals surface area contributed by atoms with E-state index in [-0.39, 0.29) is 18.9 Å². The highest BCUT2D eigenvalue weighted by atomic mass is 16.5. The van der Waals surface area contributed by atoms with E-state index in [2.05, 4.69) is 5.32 Å². The van der Waals surface area contributed by atoms with Crippen LogP contribution in [0.4, 0.5) is 5.69 Å². The molecule has 0 saturated heterocycles. The molecule has 0 aliphatic heterocycles. The summed E-state index contributed by atoms with van der Waals surface area (Å²) in [7, 11) is 0. The van der Waals surface area contributed by atoms with Gasteiger partial charge in [0.25, 0.3) is 5.91 Å². The molecule has 0 heterocycles. The minimum atomic E-state index is -0.412. The second-order valence-electron chi connectivity index (χ2n) is 5.19. The van der Waals surface area contributed by atoms with Crippen molar-refractivity contribution in [2.24, 2.45) is 0 Å². The number of carbonyl (C=O) groups excluding carboxylic acids is 2. The zero-order valence-corrected chi connectivity index (χ0v) is 12.8. The van der Waals surface area contributed by atoms with Crippen molar-refractivity contribution in [1.82, 2.24) is 0 Å². The first-order chi connectivity index (χ1) is 10.5. The number of anilines is 1. The number of esters is 1. The van der Waals surface area contributed by atoms with Gasteiger partial charge in [-0.15, -0.1) is 0 Å². The number of rotatable bonds is 5. The van der Waals surface area contributed by atoms with Crippen LogP contribution in [0.1, 0.15) is 16.7 Å². The lowest BCUT2D eigenvalue weighted by atomic mass is 10.1. The van der Waals surface area contributed by atoms with Crippen LogP contribution in [-0.2, 0) is 20.7 Å². The molecule has 0 aliphatic carbocycles. The molecule has 0 bridgehead atoms. The Morgan fingerprint density at radius 3 is 2.55 bits per heavy atom. The number of hydrogen-bond acceptors (Lipinski definition) is 3. The molecule has 114 valence electrons. The Balaban J connectivity index is 1.81. The van der Waals surface area contributed by atoms with Gasteiger partial charge in [-0.05, 0) is 31.0 Å². The van der Waals surface area contributed by atoms with Crippen LogP contribution in [0.25, 0.3) is 0 Å². The number of carbonyl (C=O) groups is 2. The average Bonchev–Trinajstić information content (AvgIpc) is 2.48. The standard InChI is InChI=1S/C18H19NO3/c1-13-6-5-8-15(10-13)11-18(21)22-12-17(20)19-16-9-4-3-7-14(16)2/h3-10H,11-12H2,1-2H3,(H,19,20). The van der Waals surface area contributed by atoms with Gasteiger partial charge in [-0.25, -0.2) is 0 Å². The van der Waals surface area contributed by atoms with Gasteiger partial charge in [0, 0.05) is 5.69 Å². The summed E-state index contributed by atoms with van der Waals surface area (Å²) in [5.41, 5.74) is 3.65. The largest absolute Gasteiger partial charge is 0.455 e. The van der Waals surface area contributed by atoms with Crippen molar-refractivity contribution >= 4 is 17.6 Å². The smallest absolute Gasteiger partial charge is 0.310 e. The summed E-state index contributed by atoms with van der Waals surface area (Å²) in [6.07, 6.45) is 0.166. The molecule has 2 rings (SSSR count). The molecule has 0 spiro atoms. The van der Waals surface area contributed by atoms with Gasteiger partial charge < -0.3 is 10.1 Å². The van der Waals surface area contributed by atoms with E-state index in [1.165, 1.54) is 0 Å². The van der Waals surface area contributed by atoms with Crippen LogP contribution in [0, 0.1) is 13.8 Å². The molecule has 2 aromatic carbocycles. The molecular weight excluding hydrogens is 278 g/mol. The maximum absolute atomic E-state index is 11.8. The third-order valence-corrected chi connectivity index (χ3v) is 3.21. The molecule has 4 nitrogen and oxygen atoms in total. The van der Waals surface area contributed by atoms with E-state index in [9.17, 15) is 9.59 Å². The van der Waals surface area contributed by atoms with E-state index in [1.54, 1.807) is 0 Å². The second kappa shape index (κ2) is 7.41. The van der Waals surface area contributed by atoms with E-state index in [0.29, 0.717) is 0 Å². The van der Waals surface area contributed by atoms with Crippen LogP contribution in [0.2, 0.25) is 0 Å². The Morgan fingerprint density at radius 1 is 1.05 bits per heavy atom. The van der Waals surface area contributed by atoms with Crippen LogP contribution in [0.15, 0.2) is 48.5 Å². The van der Waals surface area contributed by atoms with Crippen molar-refractivity contribution in [3.05, 3.63) is 65.2 Å². The number of hydrogen-bond donors (Lipinski definition) is 1. The molecule has 22 heavy (non-hydrogen) atoms. The van der Waals surface area contributed by atoms with E-state index in [0.717, 1.165) is 22.4 Å².